The van der Waals surface area contributed by atoms with E-state index < -0.39 is 39.3 Å². The van der Waals surface area contributed by atoms with Crippen LogP contribution in [0.1, 0.15) is 12.8 Å². The molecule has 0 unspecified atom stereocenters. The molecule has 1 aliphatic heterocycles. The summed E-state index contributed by atoms with van der Waals surface area (Å²) in [6.45, 7) is -3.23. The zero-order valence-electron chi connectivity index (χ0n) is 11.1. The van der Waals surface area contributed by atoms with Crippen molar-refractivity contribution in [1.29, 1.82) is 0 Å². The molecule has 0 bridgehead atoms. The Hall–Kier alpha value is -1.45. The maximum absolute atomic E-state index is 12.6. The molecule has 1 heterocycles. The van der Waals surface area contributed by atoms with E-state index >= 15 is 0 Å². The smallest absolute Gasteiger partial charge is 0.387 e. The van der Waals surface area contributed by atoms with E-state index in [1.165, 1.54) is 6.07 Å². The molecule has 1 aromatic carbocycles. The van der Waals surface area contributed by atoms with Crippen LogP contribution in [0.3, 0.4) is 0 Å². The largest absolute Gasteiger partial charge is 0.480 e. The molecule has 0 saturated carbocycles. The molecule has 1 saturated heterocycles. The van der Waals surface area contributed by atoms with Crippen LogP contribution in [-0.2, 0) is 14.8 Å². The number of aliphatic carboxylic acids is 1. The molecular weight excluding hydrogens is 344 g/mol. The predicted molar refractivity (Wildman–Crippen MR) is 72.6 cm³/mol. The van der Waals surface area contributed by atoms with Crippen LogP contribution in [0.15, 0.2) is 23.1 Å². The van der Waals surface area contributed by atoms with Crippen molar-refractivity contribution in [2.24, 2.45) is 0 Å². The third-order valence-electron chi connectivity index (χ3n) is 3.20. The number of carbonyl (C=O) groups is 1. The number of carboxylic acids is 1. The van der Waals surface area contributed by atoms with Gasteiger partial charge >= 0.3 is 12.6 Å². The maximum Gasteiger partial charge on any atom is 0.387 e. The Morgan fingerprint density at radius 2 is 2.14 bits per heavy atom. The molecule has 1 aliphatic rings. The van der Waals surface area contributed by atoms with E-state index in [-0.39, 0.29) is 18.0 Å². The summed E-state index contributed by atoms with van der Waals surface area (Å²) in [5, 5.41) is 9.09. The van der Waals surface area contributed by atoms with Gasteiger partial charge in [-0.15, -0.1) is 0 Å². The fourth-order valence-electron chi connectivity index (χ4n) is 2.28. The first-order valence-corrected chi connectivity index (χ1v) is 8.04. The van der Waals surface area contributed by atoms with Gasteiger partial charge in [-0.3, -0.25) is 4.79 Å². The van der Waals surface area contributed by atoms with Crippen molar-refractivity contribution in [1.82, 2.24) is 4.31 Å². The lowest BCUT2D eigenvalue weighted by Crippen LogP contribution is -2.40. The summed E-state index contributed by atoms with van der Waals surface area (Å²) in [5.41, 5.74) is 0. The lowest BCUT2D eigenvalue weighted by atomic mass is 10.2. The molecular formula is C12H12ClF2NO5S. The molecule has 0 aliphatic carbocycles. The average Bonchev–Trinajstić information content (AvgIpc) is 2.90. The number of nitrogens with zero attached hydrogens (tertiary/aromatic N) is 1. The molecule has 2 rings (SSSR count). The van der Waals surface area contributed by atoms with Crippen LogP contribution in [-0.4, -0.2) is 43.0 Å². The molecule has 0 spiro atoms. The Morgan fingerprint density at radius 1 is 1.45 bits per heavy atom. The van der Waals surface area contributed by atoms with E-state index in [1.807, 2.05) is 0 Å². The van der Waals surface area contributed by atoms with Crippen molar-refractivity contribution >= 4 is 27.6 Å². The minimum Gasteiger partial charge on any atom is -0.480 e. The van der Waals surface area contributed by atoms with Crippen LogP contribution in [0.5, 0.6) is 5.75 Å². The van der Waals surface area contributed by atoms with Gasteiger partial charge in [0.2, 0.25) is 10.0 Å². The molecule has 1 atom stereocenters. The highest BCUT2D eigenvalue weighted by Gasteiger charge is 2.41. The summed E-state index contributed by atoms with van der Waals surface area (Å²) in [6.07, 6.45) is 0.516. The van der Waals surface area contributed by atoms with Crippen LogP contribution >= 0.6 is 11.6 Å². The Balaban J connectivity index is 2.49. The highest BCUT2D eigenvalue weighted by Crippen LogP contribution is 2.34. The highest BCUT2D eigenvalue weighted by molar-refractivity contribution is 7.89. The molecule has 1 fully saturated rings. The first-order valence-electron chi connectivity index (χ1n) is 6.22. The van der Waals surface area contributed by atoms with E-state index in [0.29, 0.717) is 6.42 Å². The van der Waals surface area contributed by atoms with Gasteiger partial charge in [-0.05, 0) is 31.0 Å². The number of hydrogen-bond donors (Lipinski definition) is 1. The van der Waals surface area contributed by atoms with Gasteiger partial charge in [0, 0.05) is 11.6 Å². The zero-order chi connectivity index (χ0) is 16.5. The lowest BCUT2D eigenvalue weighted by Gasteiger charge is -2.22. The molecule has 1 N–H and O–H groups in total. The van der Waals surface area contributed by atoms with Crippen LogP contribution < -0.4 is 4.74 Å². The molecule has 0 amide bonds. The predicted octanol–water partition coefficient (Wildman–Crippen LogP) is 2.18. The van der Waals surface area contributed by atoms with Gasteiger partial charge in [-0.2, -0.15) is 13.1 Å². The van der Waals surface area contributed by atoms with Gasteiger partial charge in [-0.1, -0.05) is 11.6 Å². The Bertz CT molecular complexity index is 682. The van der Waals surface area contributed by atoms with Crippen LogP contribution in [0.4, 0.5) is 8.78 Å². The normalized spacial score (nSPS) is 19.5. The van der Waals surface area contributed by atoms with Gasteiger partial charge in [-0.25, -0.2) is 8.42 Å². The number of benzene rings is 1. The Morgan fingerprint density at radius 3 is 2.73 bits per heavy atom. The third-order valence-corrected chi connectivity index (χ3v) is 5.36. The highest BCUT2D eigenvalue weighted by atomic mass is 35.5. The van der Waals surface area contributed by atoms with Crippen molar-refractivity contribution in [3.63, 3.8) is 0 Å². The summed E-state index contributed by atoms with van der Waals surface area (Å²) in [4.78, 5) is 10.6. The summed E-state index contributed by atoms with van der Waals surface area (Å²) in [5.74, 6) is -1.87. The number of ether oxygens (including phenoxy) is 1. The van der Waals surface area contributed by atoms with Gasteiger partial charge in [0.1, 0.15) is 16.7 Å². The molecule has 22 heavy (non-hydrogen) atoms. The average molecular weight is 356 g/mol. The molecule has 6 nitrogen and oxygen atoms in total. The second kappa shape index (κ2) is 6.35. The van der Waals surface area contributed by atoms with E-state index in [9.17, 15) is 22.0 Å². The van der Waals surface area contributed by atoms with Gasteiger partial charge in [0.15, 0.2) is 0 Å². The summed E-state index contributed by atoms with van der Waals surface area (Å²) >= 11 is 5.72. The van der Waals surface area contributed by atoms with Gasteiger partial charge in [0.05, 0.1) is 0 Å². The zero-order valence-corrected chi connectivity index (χ0v) is 12.7. The second-order valence-corrected chi connectivity index (χ2v) is 6.88. The summed E-state index contributed by atoms with van der Waals surface area (Å²) in [6, 6.07) is 1.94. The summed E-state index contributed by atoms with van der Waals surface area (Å²) < 4.78 is 55.0. The van der Waals surface area contributed by atoms with Gasteiger partial charge < -0.3 is 9.84 Å². The van der Waals surface area contributed by atoms with Crippen molar-refractivity contribution < 1.29 is 31.8 Å². The fourth-order valence-corrected chi connectivity index (χ4v) is 4.31. The van der Waals surface area contributed by atoms with E-state index in [4.69, 9.17) is 16.7 Å². The van der Waals surface area contributed by atoms with Crippen molar-refractivity contribution in [3.8, 4) is 5.75 Å². The number of rotatable bonds is 5. The number of hydrogen-bond acceptors (Lipinski definition) is 4. The first-order chi connectivity index (χ1) is 10.2. The number of alkyl halides is 2. The summed E-state index contributed by atoms with van der Waals surface area (Å²) in [7, 11) is -4.32. The minimum atomic E-state index is -4.32. The fraction of sp³-hybridized carbons (Fsp3) is 0.417. The quantitative estimate of drug-likeness (QED) is 0.875. The molecule has 0 radical (unpaired) electrons. The number of halogens is 3. The van der Waals surface area contributed by atoms with Crippen LogP contribution in [0.2, 0.25) is 5.02 Å². The second-order valence-electron chi connectivity index (χ2n) is 4.58. The lowest BCUT2D eigenvalue weighted by molar-refractivity contribution is -0.140. The van der Waals surface area contributed by atoms with Crippen LogP contribution in [0, 0.1) is 0 Å². The molecule has 122 valence electrons. The Kier molecular flexibility index (Phi) is 4.88. The van der Waals surface area contributed by atoms with E-state index in [1.54, 1.807) is 0 Å². The van der Waals surface area contributed by atoms with E-state index in [0.717, 1.165) is 16.4 Å². The van der Waals surface area contributed by atoms with Crippen molar-refractivity contribution in [2.75, 3.05) is 6.54 Å². The number of carboxylic acid groups (broad SMARTS) is 1. The first kappa shape index (κ1) is 16.9. The molecule has 10 heteroatoms. The monoisotopic (exact) mass is 355 g/mol. The number of sulfonamides is 1. The SMILES string of the molecule is O=C(O)[C@H]1CCCN1S(=O)(=O)c1cc(Cl)ccc1OC(F)F. The minimum absolute atomic E-state index is 0.00580. The Labute approximate surface area is 130 Å². The molecule has 1 aromatic rings. The van der Waals surface area contributed by atoms with Crippen molar-refractivity contribution in [3.05, 3.63) is 23.2 Å². The van der Waals surface area contributed by atoms with Crippen LogP contribution in [0.25, 0.3) is 0 Å². The standard InChI is InChI=1S/C12H12ClF2NO5S/c13-7-3-4-9(21-12(14)15)10(6-7)22(19,20)16-5-1-2-8(16)11(17)18/h3-4,6,8,12H,1-2,5H2,(H,17,18)/t8-/m1/s1. The van der Waals surface area contributed by atoms with E-state index in [2.05, 4.69) is 4.74 Å². The van der Waals surface area contributed by atoms with Gasteiger partial charge in [0.25, 0.3) is 0 Å². The topological polar surface area (TPSA) is 83.9 Å². The third kappa shape index (κ3) is 3.31. The van der Waals surface area contributed by atoms with Crippen molar-refractivity contribution in [2.45, 2.75) is 30.4 Å². The molecule has 0 aromatic heterocycles. The maximum atomic E-state index is 12.6.